The first-order valence-electron chi connectivity index (χ1n) is 6.04. The van der Waals surface area contributed by atoms with Crippen LogP contribution in [0.5, 0.6) is 0 Å². The van der Waals surface area contributed by atoms with Crippen molar-refractivity contribution in [2.75, 3.05) is 13.3 Å². The number of amides is 1. The SMILES string of the molecule is CC(=O)N(C)CP(=O)(O)C(Cc1ccccc1)C(=O)O. The molecule has 2 N–H and O–H groups in total. The summed E-state index contributed by atoms with van der Waals surface area (Å²) in [5, 5.41) is 9.19. The molecule has 0 saturated heterocycles. The van der Waals surface area contributed by atoms with Gasteiger partial charge in [0.2, 0.25) is 13.3 Å². The van der Waals surface area contributed by atoms with Crippen molar-refractivity contribution in [3.05, 3.63) is 35.9 Å². The number of carboxylic acid groups (broad SMARTS) is 1. The molecule has 20 heavy (non-hydrogen) atoms. The van der Waals surface area contributed by atoms with Gasteiger partial charge in [-0.3, -0.25) is 14.2 Å². The third-order valence-electron chi connectivity index (χ3n) is 3.00. The van der Waals surface area contributed by atoms with E-state index in [2.05, 4.69) is 0 Å². The second kappa shape index (κ2) is 6.68. The van der Waals surface area contributed by atoms with E-state index in [1.54, 1.807) is 30.3 Å². The van der Waals surface area contributed by atoms with Crippen LogP contribution in [0.25, 0.3) is 0 Å². The molecule has 0 radical (unpaired) electrons. The van der Waals surface area contributed by atoms with Crippen LogP contribution < -0.4 is 0 Å². The molecule has 0 fully saturated rings. The largest absolute Gasteiger partial charge is 0.481 e. The summed E-state index contributed by atoms with van der Waals surface area (Å²) in [7, 11) is -2.66. The van der Waals surface area contributed by atoms with Gasteiger partial charge in [-0.1, -0.05) is 30.3 Å². The van der Waals surface area contributed by atoms with Crippen LogP contribution in [0.15, 0.2) is 30.3 Å². The smallest absolute Gasteiger partial charge is 0.316 e. The van der Waals surface area contributed by atoms with Gasteiger partial charge in [-0.15, -0.1) is 0 Å². The van der Waals surface area contributed by atoms with Crippen LogP contribution in [0.2, 0.25) is 0 Å². The lowest BCUT2D eigenvalue weighted by Crippen LogP contribution is -2.31. The van der Waals surface area contributed by atoms with Crippen molar-refractivity contribution < 1.29 is 24.2 Å². The van der Waals surface area contributed by atoms with E-state index in [9.17, 15) is 24.2 Å². The number of carbonyl (C=O) groups is 2. The molecule has 1 amide bonds. The van der Waals surface area contributed by atoms with Gasteiger partial charge >= 0.3 is 5.97 Å². The monoisotopic (exact) mass is 299 g/mol. The van der Waals surface area contributed by atoms with Gasteiger partial charge in [-0.25, -0.2) is 0 Å². The lowest BCUT2D eigenvalue weighted by Gasteiger charge is -2.24. The van der Waals surface area contributed by atoms with Crippen molar-refractivity contribution in [1.82, 2.24) is 4.90 Å². The molecule has 0 aliphatic rings. The Bertz CT molecular complexity index is 531. The predicted molar refractivity (Wildman–Crippen MR) is 74.7 cm³/mol. The highest BCUT2D eigenvalue weighted by Crippen LogP contribution is 2.48. The molecule has 0 spiro atoms. The molecule has 0 heterocycles. The molecule has 1 rings (SSSR count). The van der Waals surface area contributed by atoms with E-state index >= 15 is 0 Å². The van der Waals surface area contributed by atoms with E-state index in [1.165, 1.54) is 14.0 Å². The summed E-state index contributed by atoms with van der Waals surface area (Å²) in [6.45, 7) is 1.26. The van der Waals surface area contributed by atoms with Crippen LogP contribution in [0.4, 0.5) is 0 Å². The molecular formula is C13H18NO5P. The zero-order valence-electron chi connectivity index (χ0n) is 11.4. The van der Waals surface area contributed by atoms with Crippen LogP contribution in [0, 0.1) is 0 Å². The first-order valence-corrected chi connectivity index (χ1v) is 7.95. The van der Waals surface area contributed by atoms with Gasteiger partial charge < -0.3 is 14.9 Å². The number of hydrogen-bond acceptors (Lipinski definition) is 3. The predicted octanol–water partition coefficient (Wildman–Crippen LogP) is 1.39. The average molecular weight is 299 g/mol. The van der Waals surface area contributed by atoms with Crippen LogP contribution in [-0.2, 0) is 20.6 Å². The Labute approximate surface area is 117 Å². The lowest BCUT2D eigenvalue weighted by atomic mass is 10.1. The number of nitrogens with zero attached hydrogens (tertiary/aromatic N) is 1. The van der Waals surface area contributed by atoms with Gasteiger partial charge in [0, 0.05) is 14.0 Å². The van der Waals surface area contributed by atoms with Gasteiger partial charge in [-0.2, -0.15) is 0 Å². The Balaban J connectivity index is 2.92. The molecule has 110 valence electrons. The van der Waals surface area contributed by atoms with Crippen LogP contribution in [-0.4, -0.2) is 45.8 Å². The maximum atomic E-state index is 12.3. The van der Waals surface area contributed by atoms with Gasteiger partial charge in [0.15, 0.2) is 0 Å². The van der Waals surface area contributed by atoms with Gasteiger partial charge in [0.1, 0.15) is 5.66 Å². The van der Waals surface area contributed by atoms with Crippen LogP contribution in [0.1, 0.15) is 12.5 Å². The highest BCUT2D eigenvalue weighted by molar-refractivity contribution is 7.59. The lowest BCUT2D eigenvalue weighted by molar-refractivity contribution is -0.137. The highest BCUT2D eigenvalue weighted by atomic mass is 31.2. The number of rotatable bonds is 6. The zero-order chi connectivity index (χ0) is 15.3. The number of benzene rings is 1. The summed E-state index contributed by atoms with van der Waals surface area (Å²) in [5.74, 6) is -1.72. The maximum absolute atomic E-state index is 12.3. The van der Waals surface area contributed by atoms with Crippen LogP contribution in [0.3, 0.4) is 0 Å². The Morgan fingerprint density at radius 3 is 2.30 bits per heavy atom. The maximum Gasteiger partial charge on any atom is 0.316 e. The average Bonchev–Trinajstić information content (AvgIpc) is 2.36. The van der Waals surface area contributed by atoms with Gasteiger partial charge in [0.25, 0.3) is 0 Å². The topological polar surface area (TPSA) is 94.9 Å². The molecule has 0 aliphatic carbocycles. The van der Waals surface area contributed by atoms with Crippen molar-refractivity contribution in [1.29, 1.82) is 0 Å². The molecule has 0 saturated carbocycles. The number of hydrogen-bond donors (Lipinski definition) is 2. The fourth-order valence-corrected chi connectivity index (χ4v) is 3.59. The van der Waals surface area contributed by atoms with Crippen molar-refractivity contribution in [2.45, 2.75) is 19.0 Å². The molecule has 0 aromatic heterocycles. The standard InChI is InChI=1S/C13H18NO5P/c1-10(15)14(2)9-20(18,19)12(13(16)17)8-11-6-4-3-5-7-11/h3-7,12H,8-9H2,1-2H3,(H,16,17)(H,18,19). The Morgan fingerprint density at radius 2 is 1.85 bits per heavy atom. The summed E-state index contributed by atoms with van der Waals surface area (Å²) in [5.41, 5.74) is -0.758. The molecular weight excluding hydrogens is 281 g/mol. The summed E-state index contributed by atoms with van der Waals surface area (Å²) >= 11 is 0. The zero-order valence-corrected chi connectivity index (χ0v) is 12.3. The van der Waals surface area contributed by atoms with Crippen molar-refractivity contribution >= 4 is 19.2 Å². The molecule has 2 unspecified atom stereocenters. The van der Waals surface area contributed by atoms with E-state index in [4.69, 9.17) is 0 Å². The van der Waals surface area contributed by atoms with Gasteiger partial charge in [-0.05, 0) is 12.0 Å². The molecule has 7 heteroatoms. The van der Waals surface area contributed by atoms with Crippen molar-refractivity contribution in [2.24, 2.45) is 0 Å². The summed E-state index contributed by atoms with van der Waals surface area (Å²) in [6, 6.07) is 8.65. The minimum atomic E-state index is -4.03. The summed E-state index contributed by atoms with van der Waals surface area (Å²) < 4.78 is 12.3. The van der Waals surface area contributed by atoms with E-state index < -0.39 is 25.3 Å². The van der Waals surface area contributed by atoms with E-state index in [1.807, 2.05) is 0 Å². The number of carboxylic acids is 1. The van der Waals surface area contributed by atoms with E-state index in [0.717, 1.165) is 4.90 Å². The Hall–Kier alpha value is -1.65. The highest BCUT2D eigenvalue weighted by Gasteiger charge is 2.38. The molecule has 6 nitrogen and oxygen atoms in total. The van der Waals surface area contributed by atoms with E-state index in [-0.39, 0.29) is 12.3 Å². The van der Waals surface area contributed by atoms with E-state index in [0.29, 0.717) is 5.56 Å². The van der Waals surface area contributed by atoms with Crippen molar-refractivity contribution in [3.63, 3.8) is 0 Å². The normalized spacial score (nSPS) is 15.2. The Morgan fingerprint density at radius 1 is 1.30 bits per heavy atom. The molecule has 1 aromatic rings. The molecule has 1 aromatic carbocycles. The Kier molecular flexibility index (Phi) is 5.48. The summed E-state index contributed by atoms with van der Waals surface area (Å²) in [6.07, 6.45) is -0.512. The number of carbonyl (C=O) groups excluding carboxylic acids is 1. The fourth-order valence-electron chi connectivity index (χ4n) is 1.74. The number of aliphatic carboxylic acids is 1. The third kappa shape index (κ3) is 4.47. The quantitative estimate of drug-likeness (QED) is 0.774. The second-order valence-corrected chi connectivity index (χ2v) is 7.08. The molecule has 0 bridgehead atoms. The summed E-state index contributed by atoms with van der Waals surface area (Å²) in [4.78, 5) is 33.4. The minimum Gasteiger partial charge on any atom is -0.481 e. The fraction of sp³-hybridized carbons (Fsp3) is 0.385. The van der Waals surface area contributed by atoms with Gasteiger partial charge in [0.05, 0.1) is 6.29 Å². The third-order valence-corrected chi connectivity index (χ3v) is 5.20. The first kappa shape index (κ1) is 16.4. The molecule has 0 aliphatic heterocycles. The molecule has 2 atom stereocenters. The van der Waals surface area contributed by atoms with Crippen LogP contribution >= 0.6 is 7.37 Å². The van der Waals surface area contributed by atoms with Crippen molar-refractivity contribution in [3.8, 4) is 0 Å². The minimum absolute atomic E-state index is 0.0459. The first-order chi connectivity index (χ1) is 9.24. The second-order valence-electron chi connectivity index (χ2n) is 4.66.